The highest BCUT2D eigenvalue weighted by Gasteiger charge is 2.20. The molecule has 16 heavy (non-hydrogen) atoms. The van der Waals surface area contributed by atoms with E-state index in [0.717, 1.165) is 11.3 Å². The fourth-order valence-corrected chi connectivity index (χ4v) is 1.54. The van der Waals surface area contributed by atoms with Crippen molar-refractivity contribution < 1.29 is 4.74 Å². The van der Waals surface area contributed by atoms with Gasteiger partial charge in [0.1, 0.15) is 6.10 Å². The zero-order valence-corrected chi connectivity index (χ0v) is 9.84. The highest BCUT2D eigenvalue weighted by atomic mass is 16.5. The molecule has 0 radical (unpaired) electrons. The average Bonchev–Trinajstić information content (AvgIpc) is 2.57. The van der Waals surface area contributed by atoms with E-state index in [1.165, 1.54) is 0 Å². The molecule has 0 aliphatic carbocycles. The SMILES string of the molecule is Cc1ncccc1/C=C/C1=NC(C)C(C)O1. The third-order valence-corrected chi connectivity index (χ3v) is 2.77. The molecule has 0 bridgehead atoms. The number of hydrogen-bond donors (Lipinski definition) is 0. The molecule has 0 fully saturated rings. The van der Waals surface area contributed by atoms with Crippen molar-refractivity contribution in [2.75, 3.05) is 0 Å². The van der Waals surface area contributed by atoms with Crippen LogP contribution in [0.1, 0.15) is 25.1 Å². The van der Waals surface area contributed by atoms with Crippen LogP contribution >= 0.6 is 0 Å². The Morgan fingerprint density at radius 1 is 1.31 bits per heavy atom. The summed E-state index contributed by atoms with van der Waals surface area (Å²) in [4.78, 5) is 8.62. The van der Waals surface area contributed by atoms with Crippen LogP contribution in [0.2, 0.25) is 0 Å². The molecule has 0 aromatic carbocycles. The molecular formula is C13H16N2O. The number of hydrogen-bond acceptors (Lipinski definition) is 3. The number of aliphatic imine (C=N–C) groups is 1. The summed E-state index contributed by atoms with van der Waals surface area (Å²) in [5.74, 6) is 0.711. The van der Waals surface area contributed by atoms with Crippen LogP contribution in [0.25, 0.3) is 6.08 Å². The molecule has 1 aromatic rings. The van der Waals surface area contributed by atoms with Crippen LogP contribution < -0.4 is 0 Å². The lowest BCUT2D eigenvalue weighted by atomic mass is 10.2. The highest BCUT2D eigenvalue weighted by Crippen LogP contribution is 2.14. The molecule has 0 spiro atoms. The van der Waals surface area contributed by atoms with Crippen molar-refractivity contribution in [3.05, 3.63) is 35.7 Å². The maximum Gasteiger partial charge on any atom is 0.209 e. The van der Waals surface area contributed by atoms with E-state index >= 15 is 0 Å². The predicted octanol–water partition coefficient (Wildman–Crippen LogP) is 2.61. The van der Waals surface area contributed by atoms with Crippen LogP contribution in [0.4, 0.5) is 0 Å². The fourth-order valence-electron chi connectivity index (χ4n) is 1.54. The Morgan fingerprint density at radius 3 is 2.75 bits per heavy atom. The minimum absolute atomic E-state index is 0.176. The molecule has 0 saturated heterocycles. The van der Waals surface area contributed by atoms with E-state index in [1.807, 2.05) is 38.1 Å². The second kappa shape index (κ2) is 4.47. The average molecular weight is 216 g/mol. The van der Waals surface area contributed by atoms with Gasteiger partial charge in [-0.05, 0) is 38.5 Å². The minimum Gasteiger partial charge on any atom is -0.473 e. The Balaban J connectivity index is 2.11. The van der Waals surface area contributed by atoms with Crippen molar-refractivity contribution in [2.45, 2.75) is 32.9 Å². The Morgan fingerprint density at radius 2 is 2.12 bits per heavy atom. The molecule has 84 valence electrons. The van der Waals surface area contributed by atoms with Gasteiger partial charge in [0, 0.05) is 18.0 Å². The van der Waals surface area contributed by atoms with Crippen LogP contribution in [0.15, 0.2) is 29.4 Å². The monoisotopic (exact) mass is 216 g/mol. The molecule has 0 saturated carbocycles. The van der Waals surface area contributed by atoms with E-state index in [2.05, 4.69) is 16.9 Å². The zero-order chi connectivity index (χ0) is 11.5. The van der Waals surface area contributed by atoms with Crippen LogP contribution in [0.3, 0.4) is 0 Å². The minimum atomic E-state index is 0.176. The van der Waals surface area contributed by atoms with Crippen molar-refractivity contribution in [3.63, 3.8) is 0 Å². The van der Waals surface area contributed by atoms with Gasteiger partial charge in [-0.15, -0.1) is 0 Å². The lowest BCUT2D eigenvalue weighted by Crippen LogP contribution is -2.14. The molecule has 1 aliphatic heterocycles. The third kappa shape index (κ3) is 2.30. The standard InChI is InChI=1S/C13H16N2O/c1-9-11(3)16-13(15-9)7-6-12-5-4-8-14-10(12)2/h4-9,11H,1-3H3/b7-6+. The van der Waals surface area contributed by atoms with Crippen molar-refractivity contribution in [2.24, 2.45) is 4.99 Å². The van der Waals surface area contributed by atoms with Gasteiger partial charge in [0.25, 0.3) is 0 Å². The summed E-state index contributed by atoms with van der Waals surface area (Å²) in [7, 11) is 0. The van der Waals surface area contributed by atoms with Crippen LogP contribution in [-0.4, -0.2) is 23.0 Å². The number of pyridine rings is 1. The summed E-state index contributed by atoms with van der Waals surface area (Å²) in [5, 5.41) is 0. The van der Waals surface area contributed by atoms with E-state index < -0.39 is 0 Å². The first-order chi connectivity index (χ1) is 7.66. The van der Waals surface area contributed by atoms with Crippen molar-refractivity contribution >= 4 is 12.0 Å². The first-order valence-corrected chi connectivity index (χ1v) is 5.51. The summed E-state index contributed by atoms with van der Waals surface area (Å²) in [5.41, 5.74) is 2.11. The smallest absolute Gasteiger partial charge is 0.209 e. The molecule has 2 unspecified atom stereocenters. The second-order valence-corrected chi connectivity index (χ2v) is 4.04. The van der Waals surface area contributed by atoms with Gasteiger partial charge in [-0.25, -0.2) is 4.99 Å². The number of aromatic nitrogens is 1. The fraction of sp³-hybridized carbons (Fsp3) is 0.385. The molecule has 2 atom stereocenters. The topological polar surface area (TPSA) is 34.5 Å². The quantitative estimate of drug-likeness (QED) is 0.761. The van der Waals surface area contributed by atoms with E-state index in [1.54, 1.807) is 6.20 Å². The van der Waals surface area contributed by atoms with Gasteiger partial charge in [0.15, 0.2) is 0 Å². The number of rotatable bonds is 2. The van der Waals surface area contributed by atoms with Crippen molar-refractivity contribution in [1.82, 2.24) is 4.98 Å². The number of nitrogens with zero attached hydrogens (tertiary/aromatic N) is 2. The maximum atomic E-state index is 5.58. The predicted molar refractivity (Wildman–Crippen MR) is 65.5 cm³/mol. The van der Waals surface area contributed by atoms with Gasteiger partial charge in [-0.1, -0.05) is 6.07 Å². The second-order valence-electron chi connectivity index (χ2n) is 4.04. The van der Waals surface area contributed by atoms with E-state index in [9.17, 15) is 0 Å². The largest absolute Gasteiger partial charge is 0.473 e. The lowest BCUT2D eigenvalue weighted by molar-refractivity contribution is 0.220. The van der Waals surface area contributed by atoms with E-state index in [0.29, 0.717) is 5.90 Å². The Bertz CT molecular complexity index is 437. The molecule has 3 nitrogen and oxygen atoms in total. The van der Waals surface area contributed by atoms with Crippen molar-refractivity contribution in [1.29, 1.82) is 0 Å². The van der Waals surface area contributed by atoms with Gasteiger partial charge in [-0.3, -0.25) is 4.98 Å². The third-order valence-electron chi connectivity index (χ3n) is 2.77. The molecule has 0 N–H and O–H groups in total. The molecule has 1 aliphatic rings. The van der Waals surface area contributed by atoms with Gasteiger partial charge >= 0.3 is 0 Å². The van der Waals surface area contributed by atoms with Gasteiger partial charge in [0.05, 0.1) is 6.04 Å². The van der Waals surface area contributed by atoms with Crippen LogP contribution in [0, 0.1) is 6.92 Å². The Kier molecular flexibility index (Phi) is 3.04. The molecule has 1 aromatic heterocycles. The first-order valence-electron chi connectivity index (χ1n) is 5.51. The summed E-state index contributed by atoms with van der Waals surface area (Å²) < 4.78 is 5.58. The van der Waals surface area contributed by atoms with Gasteiger partial charge in [-0.2, -0.15) is 0 Å². The molecular weight excluding hydrogens is 200 g/mol. The van der Waals surface area contributed by atoms with Gasteiger partial charge in [0.2, 0.25) is 5.90 Å². The number of aryl methyl sites for hydroxylation is 1. The molecule has 0 amide bonds. The van der Waals surface area contributed by atoms with E-state index in [-0.39, 0.29) is 12.1 Å². The first kappa shape index (κ1) is 10.9. The Labute approximate surface area is 95.9 Å². The summed E-state index contributed by atoms with van der Waals surface area (Å²) in [6, 6.07) is 4.20. The molecule has 2 rings (SSSR count). The van der Waals surface area contributed by atoms with Crippen LogP contribution in [-0.2, 0) is 4.74 Å². The highest BCUT2D eigenvalue weighted by molar-refractivity contribution is 5.93. The molecule has 3 heteroatoms. The van der Waals surface area contributed by atoms with Crippen LogP contribution in [0.5, 0.6) is 0 Å². The lowest BCUT2D eigenvalue weighted by Gasteiger charge is -2.05. The maximum absolute atomic E-state index is 5.58. The zero-order valence-electron chi connectivity index (χ0n) is 9.84. The Hall–Kier alpha value is -1.64. The normalized spacial score (nSPS) is 24.6. The van der Waals surface area contributed by atoms with E-state index in [4.69, 9.17) is 4.74 Å². The molecule has 2 heterocycles. The summed E-state index contributed by atoms with van der Waals surface area (Å²) >= 11 is 0. The summed E-state index contributed by atoms with van der Waals surface area (Å²) in [6.45, 7) is 6.08. The van der Waals surface area contributed by atoms with Gasteiger partial charge < -0.3 is 4.74 Å². The van der Waals surface area contributed by atoms with Crippen molar-refractivity contribution in [3.8, 4) is 0 Å². The number of ether oxygens (including phenoxy) is 1. The summed E-state index contributed by atoms with van der Waals surface area (Å²) in [6.07, 6.45) is 5.87.